The monoisotopic (exact) mass is 521 g/mol. The molecule has 1 aliphatic heterocycles. The van der Waals surface area contributed by atoms with Crippen LogP contribution in [0.5, 0.6) is 0 Å². The van der Waals surface area contributed by atoms with Crippen LogP contribution in [0.1, 0.15) is 57.8 Å². The molecule has 1 aliphatic carbocycles. The quantitative estimate of drug-likeness (QED) is 0.301. The molecule has 4 N–H and O–H groups in total. The molecular formula is C27H30ClFN8. The fourth-order valence-electron chi connectivity index (χ4n) is 4.18. The molecule has 0 amide bonds. The van der Waals surface area contributed by atoms with Crippen LogP contribution in [0.25, 0.3) is 10.9 Å². The molecule has 1 atom stereocenters. The maximum Gasteiger partial charge on any atom is 0.213 e. The van der Waals surface area contributed by atoms with E-state index < -0.39 is 12.0 Å². The number of pyridine rings is 2. The van der Waals surface area contributed by atoms with E-state index in [4.69, 9.17) is 11.6 Å². The maximum absolute atomic E-state index is 13.9. The minimum absolute atomic E-state index is 0.0353. The van der Waals surface area contributed by atoms with Gasteiger partial charge < -0.3 is 16.1 Å². The fraction of sp³-hybridized carbons (Fsp3) is 0.370. The molecule has 8 nitrogen and oxygen atoms in total. The molecule has 5 rings (SSSR count). The van der Waals surface area contributed by atoms with Crippen LogP contribution in [0.15, 0.2) is 42.4 Å². The van der Waals surface area contributed by atoms with Crippen LogP contribution in [0.2, 0.25) is 5.02 Å². The summed E-state index contributed by atoms with van der Waals surface area (Å²) >= 11 is 6.69. The van der Waals surface area contributed by atoms with Gasteiger partial charge in [-0.25, -0.2) is 4.98 Å². The third kappa shape index (κ3) is 5.41. The average Bonchev–Trinajstić information content (AvgIpc) is 3.57. The van der Waals surface area contributed by atoms with Gasteiger partial charge in [-0.3, -0.25) is 9.99 Å². The molecule has 1 fully saturated rings. The molecule has 0 saturated heterocycles. The van der Waals surface area contributed by atoms with Crippen molar-refractivity contribution < 1.29 is 5.76 Å². The van der Waals surface area contributed by atoms with Gasteiger partial charge >= 0.3 is 0 Å². The number of aryl methyl sites for hydroxylation is 1. The second-order valence-electron chi connectivity index (χ2n) is 10.6. The number of anilines is 2. The number of hydrogen-bond acceptors (Lipinski definition) is 8. The minimum atomic E-state index is -1.57. The predicted molar refractivity (Wildman–Crippen MR) is 144 cm³/mol. The van der Waals surface area contributed by atoms with Crippen LogP contribution in [-0.4, -0.2) is 27.6 Å². The van der Waals surface area contributed by atoms with Crippen molar-refractivity contribution in [3.05, 3.63) is 70.2 Å². The van der Waals surface area contributed by atoms with Gasteiger partial charge in [0.1, 0.15) is 6.07 Å². The third-order valence-corrected chi connectivity index (χ3v) is 6.52. The van der Waals surface area contributed by atoms with Crippen molar-refractivity contribution in [2.24, 2.45) is 5.41 Å². The van der Waals surface area contributed by atoms with Gasteiger partial charge in [-0.2, -0.15) is 9.65 Å². The Balaban J connectivity index is 1.62. The Morgan fingerprint density at radius 2 is 2.14 bits per heavy atom. The van der Waals surface area contributed by atoms with Crippen LogP contribution in [0, 0.1) is 29.6 Å². The van der Waals surface area contributed by atoms with Gasteiger partial charge in [-0.15, -0.1) is 5.53 Å². The van der Waals surface area contributed by atoms with Crippen molar-refractivity contribution in [3.63, 3.8) is 0 Å². The molecule has 2 aliphatic rings. The fourth-order valence-corrected chi connectivity index (χ4v) is 4.45. The summed E-state index contributed by atoms with van der Waals surface area (Å²) in [5, 5.41) is 19.5. The molecule has 3 heterocycles. The lowest BCUT2D eigenvalue weighted by atomic mass is 9.96. The normalized spacial score (nSPS) is 17.5. The summed E-state index contributed by atoms with van der Waals surface area (Å²) in [6.07, 6.45) is 5.49. The van der Waals surface area contributed by atoms with Gasteiger partial charge in [0.05, 0.1) is 34.9 Å². The molecule has 1 aromatic carbocycles. The molecular weight excluding hydrogens is 491 g/mol. The first-order valence-corrected chi connectivity index (χ1v) is 12.6. The van der Waals surface area contributed by atoms with Crippen molar-refractivity contribution in [2.75, 3.05) is 17.2 Å². The smallest absolute Gasteiger partial charge is 0.213 e. The molecule has 0 unspecified atom stereocenters. The molecule has 10 heteroatoms. The molecule has 0 radical (unpaired) electrons. The number of hydrogen-bond donors (Lipinski definition) is 4. The number of rotatable bonds is 7. The van der Waals surface area contributed by atoms with E-state index in [0.717, 1.165) is 12.8 Å². The van der Waals surface area contributed by atoms with E-state index >= 15 is 0 Å². The van der Waals surface area contributed by atoms with E-state index in [0.29, 0.717) is 62.4 Å². The Bertz CT molecular complexity index is 1480. The van der Waals surface area contributed by atoms with Gasteiger partial charge in [0.2, 0.25) is 5.95 Å². The van der Waals surface area contributed by atoms with E-state index in [9.17, 15) is 11.0 Å². The van der Waals surface area contributed by atoms with Gasteiger partial charge in [0.25, 0.3) is 0 Å². The topological polar surface area (TPSA) is 101 Å². The Kier molecular flexibility index (Phi) is 6.22. The first-order valence-electron chi connectivity index (χ1n) is 12.7. The minimum Gasteiger partial charge on any atom is -0.383 e. The predicted octanol–water partition coefficient (Wildman–Crippen LogP) is 5.54. The number of nitrogens with zero attached hydrogens (tertiary/aromatic N) is 4. The third-order valence-electron chi connectivity index (χ3n) is 6.23. The molecule has 0 spiro atoms. The summed E-state index contributed by atoms with van der Waals surface area (Å²) < 4.78 is 23.5. The largest absolute Gasteiger partial charge is 0.383 e. The highest BCUT2D eigenvalue weighted by atomic mass is 35.5. The van der Waals surface area contributed by atoms with Crippen molar-refractivity contribution in [1.82, 2.24) is 25.9 Å². The van der Waals surface area contributed by atoms with Crippen molar-refractivity contribution in [3.8, 4) is 6.07 Å². The first-order chi connectivity index (χ1) is 18.0. The number of nitrogens with one attached hydrogen (secondary N) is 4. The van der Waals surface area contributed by atoms with E-state index in [1.807, 2.05) is 17.3 Å². The van der Waals surface area contributed by atoms with Gasteiger partial charge in [0, 0.05) is 47.3 Å². The Hall–Kier alpha value is -3.61. The van der Waals surface area contributed by atoms with Crippen molar-refractivity contribution in [2.45, 2.75) is 52.6 Å². The number of aromatic nitrogens is 2. The van der Waals surface area contributed by atoms with E-state index in [2.05, 4.69) is 58.4 Å². The molecule has 1 saturated carbocycles. The summed E-state index contributed by atoms with van der Waals surface area (Å²) in [5.41, 5.74) is 9.67. The Morgan fingerprint density at radius 1 is 1.35 bits per heavy atom. The lowest BCUT2D eigenvalue weighted by Crippen LogP contribution is -2.38. The molecule has 0 bridgehead atoms. The van der Waals surface area contributed by atoms with Crippen molar-refractivity contribution >= 4 is 33.9 Å². The summed E-state index contributed by atoms with van der Waals surface area (Å²) in [6, 6.07) is 7.35. The standard InChI is InChI=1S/C27H30ClFN8/c1-15-19(7-8-23(29)33-15)26(22-13-37(36-35-22)18-5-6-18)34-17-9-20-24(32-14-27(2,3)4)16(11-30)12-31-25(20)21(28)10-17/h7-10,12-13,18,26,34-36H,5-6,14H2,1-4H3,(H,31,32)/t26-/m0/s1/i26D. The number of hydrazine groups is 2. The van der Waals surface area contributed by atoms with Crippen molar-refractivity contribution in [1.29, 1.82) is 5.26 Å². The second-order valence-corrected chi connectivity index (χ2v) is 11.0. The van der Waals surface area contributed by atoms with E-state index in [1.54, 1.807) is 19.1 Å². The summed E-state index contributed by atoms with van der Waals surface area (Å²) in [7, 11) is 0. The van der Waals surface area contributed by atoms with Crippen LogP contribution >= 0.6 is 11.6 Å². The molecule has 37 heavy (non-hydrogen) atoms. The molecule has 192 valence electrons. The van der Waals surface area contributed by atoms with E-state index in [-0.39, 0.29) is 5.41 Å². The molecule has 2 aromatic heterocycles. The van der Waals surface area contributed by atoms with Crippen LogP contribution in [0.3, 0.4) is 0 Å². The molecule has 3 aromatic rings. The number of fused-ring (bicyclic) bond motifs is 1. The second kappa shape index (κ2) is 9.69. The van der Waals surface area contributed by atoms with Gasteiger partial charge in [-0.1, -0.05) is 38.4 Å². The van der Waals surface area contributed by atoms with Crippen LogP contribution in [-0.2, 0) is 0 Å². The summed E-state index contributed by atoms with van der Waals surface area (Å²) in [5.74, 6) is -0.613. The zero-order valence-electron chi connectivity index (χ0n) is 22.2. The summed E-state index contributed by atoms with van der Waals surface area (Å²) in [4.78, 5) is 8.40. The van der Waals surface area contributed by atoms with Crippen LogP contribution < -0.4 is 21.6 Å². The average molecular weight is 522 g/mol. The lowest BCUT2D eigenvalue weighted by molar-refractivity contribution is 0.260. The highest BCUT2D eigenvalue weighted by Gasteiger charge is 2.33. The SMILES string of the molecule is [2H][C@@](Nc1cc(Cl)c2ncc(C#N)c(NCC(C)(C)C)c2c1)(C1=CN(C2CC2)NN1)c1ccc(F)nc1C. The van der Waals surface area contributed by atoms with E-state index in [1.165, 1.54) is 12.3 Å². The Labute approximate surface area is 222 Å². The summed E-state index contributed by atoms with van der Waals surface area (Å²) in [6.45, 7) is 8.60. The Morgan fingerprint density at radius 3 is 2.81 bits per heavy atom. The van der Waals surface area contributed by atoms with Gasteiger partial charge in [-0.05, 0) is 43.4 Å². The number of halogens is 2. The first kappa shape index (κ1) is 23.8. The zero-order valence-corrected chi connectivity index (χ0v) is 22.0. The highest BCUT2D eigenvalue weighted by molar-refractivity contribution is 6.35. The lowest BCUT2D eigenvalue weighted by Gasteiger charge is -2.24. The van der Waals surface area contributed by atoms with Crippen LogP contribution in [0.4, 0.5) is 15.8 Å². The van der Waals surface area contributed by atoms with Gasteiger partial charge in [0.15, 0.2) is 0 Å². The maximum atomic E-state index is 13.9. The zero-order chi connectivity index (χ0) is 27.2. The number of nitriles is 1. The highest BCUT2D eigenvalue weighted by Crippen LogP contribution is 2.37. The number of benzene rings is 1.